The molecule has 3 heterocycles. The fourth-order valence-electron chi connectivity index (χ4n) is 1.66. The standard InChI is InChI=1S/C12H9FN4/c13-9-2-4-12-16-10(7-17(12)6-9)8-1-3-11(14)15-5-8/h1-7H,(H2,14,15). The summed E-state index contributed by atoms with van der Waals surface area (Å²) in [6, 6.07) is 6.55. The molecule has 0 radical (unpaired) electrons. The molecule has 2 N–H and O–H groups in total. The zero-order valence-electron chi connectivity index (χ0n) is 8.84. The Hall–Kier alpha value is -2.43. The van der Waals surface area contributed by atoms with Crippen LogP contribution in [-0.4, -0.2) is 14.4 Å². The minimum absolute atomic E-state index is 0.295. The van der Waals surface area contributed by atoms with Crippen LogP contribution in [0.1, 0.15) is 0 Å². The highest BCUT2D eigenvalue weighted by Gasteiger charge is 2.05. The normalized spacial score (nSPS) is 10.9. The van der Waals surface area contributed by atoms with Crippen molar-refractivity contribution in [2.75, 3.05) is 5.73 Å². The van der Waals surface area contributed by atoms with E-state index in [4.69, 9.17) is 5.73 Å². The lowest BCUT2D eigenvalue weighted by atomic mass is 10.2. The molecule has 0 amide bonds. The average Bonchev–Trinajstić information content (AvgIpc) is 2.72. The van der Waals surface area contributed by atoms with Gasteiger partial charge in [-0.05, 0) is 24.3 Å². The van der Waals surface area contributed by atoms with E-state index in [0.717, 1.165) is 11.3 Å². The van der Waals surface area contributed by atoms with E-state index < -0.39 is 0 Å². The van der Waals surface area contributed by atoms with E-state index in [2.05, 4.69) is 9.97 Å². The minimum atomic E-state index is -0.295. The van der Waals surface area contributed by atoms with E-state index in [0.29, 0.717) is 11.5 Å². The molecule has 0 saturated carbocycles. The van der Waals surface area contributed by atoms with Gasteiger partial charge in [0.25, 0.3) is 0 Å². The first-order valence-corrected chi connectivity index (χ1v) is 5.08. The third kappa shape index (κ3) is 1.71. The molecule has 17 heavy (non-hydrogen) atoms. The van der Waals surface area contributed by atoms with E-state index in [1.54, 1.807) is 28.9 Å². The van der Waals surface area contributed by atoms with E-state index in [1.165, 1.54) is 12.3 Å². The largest absolute Gasteiger partial charge is 0.384 e. The van der Waals surface area contributed by atoms with Gasteiger partial charge in [0.2, 0.25) is 0 Å². The summed E-state index contributed by atoms with van der Waals surface area (Å²) < 4.78 is 14.7. The third-order valence-electron chi connectivity index (χ3n) is 2.50. The van der Waals surface area contributed by atoms with Gasteiger partial charge in [0.05, 0.1) is 5.69 Å². The number of hydrogen-bond acceptors (Lipinski definition) is 3. The quantitative estimate of drug-likeness (QED) is 0.694. The number of imidazole rings is 1. The first kappa shape index (κ1) is 9.77. The molecule has 0 aliphatic heterocycles. The van der Waals surface area contributed by atoms with Crippen LogP contribution in [0.2, 0.25) is 0 Å². The number of aromatic nitrogens is 3. The molecule has 0 aliphatic carbocycles. The molecule has 3 aromatic rings. The van der Waals surface area contributed by atoms with Gasteiger partial charge in [0, 0.05) is 24.2 Å². The SMILES string of the molecule is Nc1ccc(-c2cn3cc(F)ccc3n2)cn1. The molecule has 0 aromatic carbocycles. The summed E-state index contributed by atoms with van der Waals surface area (Å²) in [5.41, 5.74) is 7.80. The van der Waals surface area contributed by atoms with Gasteiger partial charge in [0.15, 0.2) is 0 Å². The number of rotatable bonds is 1. The summed E-state index contributed by atoms with van der Waals surface area (Å²) in [5, 5.41) is 0. The van der Waals surface area contributed by atoms with Gasteiger partial charge in [-0.1, -0.05) is 0 Å². The number of pyridine rings is 2. The number of nitrogens with zero attached hydrogens (tertiary/aromatic N) is 3. The number of nitrogens with two attached hydrogens (primary N) is 1. The number of hydrogen-bond donors (Lipinski definition) is 1. The van der Waals surface area contributed by atoms with Gasteiger partial charge < -0.3 is 10.1 Å². The summed E-state index contributed by atoms with van der Waals surface area (Å²) in [6.07, 6.45) is 4.79. The summed E-state index contributed by atoms with van der Waals surface area (Å²) in [6.45, 7) is 0. The lowest BCUT2D eigenvalue weighted by molar-refractivity contribution is 0.619. The van der Waals surface area contributed by atoms with Gasteiger partial charge in [-0.15, -0.1) is 0 Å². The monoisotopic (exact) mass is 228 g/mol. The smallest absolute Gasteiger partial charge is 0.139 e. The van der Waals surface area contributed by atoms with Gasteiger partial charge in [-0.2, -0.15) is 0 Å². The Balaban J connectivity index is 2.14. The fraction of sp³-hybridized carbons (Fsp3) is 0. The number of halogens is 1. The van der Waals surface area contributed by atoms with Crippen molar-refractivity contribution < 1.29 is 4.39 Å². The van der Waals surface area contributed by atoms with Crippen LogP contribution < -0.4 is 5.73 Å². The van der Waals surface area contributed by atoms with Crippen molar-refractivity contribution in [1.82, 2.24) is 14.4 Å². The van der Waals surface area contributed by atoms with Crippen molar-refractivity contribution >= 4 is 11.5 Å². The molecular weight excluding hydrogens is 219 g/mol. The number of nitrogen functional groups attached to an aromatic ring is 1. The Morgan fingerprint density at radius 3 is 2.76 bits per heavy atom. The van der Waals surface area contributed by atoms with Crippen LogP contribution in [0, 0.1) is 5.82 Å². The third-order valence-corrected chi connectivity index (χ3v) is 2.50. The van der Waals surface area contributed by atoms with Gasteiger partial charge >= 0.3 is 0 Å². The zero-order valence-corrected chi connectivity index (χ0v) is 8.84. The van der Waals surface area contributed by atoms with E-state index in [9.17, 15) is 4.39 Å². The van der Waals surface area contributed by atoms with Crippen LogP contribution in [0.25, 0.3) is 16.9 Å². The van der Waals surface area contributed by atoms with E-state index >= 15 is 0 Å². The Kier molecular flexibility index (Phi) is 2.04. The zero-order chi connectivity index (χ0) is 11.8. The summed E-state index contributed by atoms with van der Waals surface area (Å²) in [4.78, 5) is 8.37. The van der Waals surface area contributed by atoms with Crippen molar-refractivity contribution in [2.24, 2.45) is 0 Å². The van der Waals surface area contributed by atoms with Crippen molar-refractivity contribution in [3.63, 3.8) is 0 Å². The van der Waals surface area contributed by atoms with E-state index in [-0.39, 0.29) is 5.82 Å². The van der Waals surface area contributed by atoms with E-state index in [1.807, 2.05) is 6.07 Å². The molecule has 0 aliphatic rings. The first-order valence-electron chi connectivity index (χ1n) is 5.08. The van der Waals surface area contributed by atoms with Crippen LogP contribution >= 0.6 is 0 Å². The van der Waals surface area contributed by atoms with Crippen molar-refractivity contribution in [1.29, 1.82) is 0 Å². The molecule has 0 bridgehead atoms. The van der Waals surface area contributed by atoms with Crippen LogP contribution in [-0.2, 0) is 0 Å². The highest BCUT2D eigenvalue weighted by molar-refractivity contribution is 5.62. The molecule has 0 atom stereocenters. The van der Waals surface area contributed by atoms with Gasteiger partial charge in [-0.25, -0.2) is 14.4 Å². The Morgan fingerprint density at radius 2 is 2.00 bits per heavy atom. The summed E-state index contributed by atoms with van der Waals surface area (Å²) >= 11 is 0. The highest BCUT2D eigenvalue weighted by Crippen LogP contribution is 2.19. The lowest BCUT2D eigenvalue weighted by Gasteiger charge is -1.95. The van der Waals surface area contributed by atoms with Crippen LogP contribution in [0.4, 0.5) is 10.2 Å². The predicted octanol–water partition coefficient (Wildman–Crippen LogP) is 2.12. The molecule has 4 nitrogen and oxygen atoms in total. The second-order valence-corrected chi connectivity index (χ2v) is 3.71. The van der Waals surface area contributed by atoms with Gasteiger partial charge in [0.1, 0.15) is 17.3 Å². The fourth-order valence-corrected chi connectivity index (χ4v) is 1.66. The molecular formula is C12H9FN4. The summed E-state index contributed by atoms with van der Waals surface area (Å²) in [5.74, 6) is 0.167. The summed E-state index contributed by atoms with van der Waals surface area (Å²) in [7, 11) is 0. The molecule has 0 unspecified atom stereocenters. The molecule has 3 rings (SSSR count). The first-order chi connectivity index (χ1) is 8.22. The maximum Gasteiger partial charge on any atom is 0.139 e. The predicted molar refractivity (Wildman–Crippen MR) is 62.8 cm³/mol. The maximum absolute atomic E-state index is 13.0. The minimum Gasteiger partial charge on any atom is -0.384 e. The maximum atomic E-state index is 13.0. The lowest BCUT2D eigenvalue weighted by Crippen LogP contribution is -1.88. The molecule has 0 fully saturated rings. The van der Waals surface area contributed by atoms with Gasteiger partial charge in [-0.3, -0.25) is 0 Å². The molecule has 5 heteroatoms. The molecule has 3 aromatic heterocycles. The van der Waals surface area contributed by atoms with Crippen molar-refractivity contribution in [2.45, 2.75) is 0 Å². The topological polar surface area (TPSA) is 56.2 Å². The average molecular weight is 228 g/mol. The number of anilines is 1. The molecule has 0 saturated heterocycles. The number of fused-ring (bicyclic) bond motifs is 1. The Morgan fingerprint density at radius 1 is 1.12 bits per heavy atom. The van der Waals surface area contributed by atoms with Crippen molar-refractivity contribution in [3.05, 3.63) is 48.7 Å². The van der Waals surface area contributed by atoms with Crippen molar-refractivity contribution in [3.8, 4) is 11.3 Å². The van der Waals surface area contributed by atoms with Crippen LogP contribution in [0.5, 0.6) is 0 Å². The molecule has 0 spiro atoms. The second kappa shape index (κ2) is 3.55. The Bertz CT molecular complexity index is 673. The second-order valence-electron chi connectivity index (χ2n) is 3.71. The Labute approximate surface area is 96.6 Å². The highest BCUT2D eigenvalue weighted by atomic mass is 19.1. The molecule has 84 valence electrons. The van der Waals surface area contributed by atoms with Crippen LogP contribution in [0.3, 0.4) is 0 Å². The van der Waals surface area contributed by atoms with Crippen LogP contribution in [0.15, 0.2) is 42.9 Å².